The Balaban J connectivity index is 1.67. The first kappa shape index (κ1) is 14.0. The van der Waals surface area contributed by atoms with Gasteiger partial charge in [0.05, 0.1) is 0 Å². The van der Waals surface area contributed by atoms with Crippen molar-refractivity contribution in [3.05, 3.63) is 77.4 Å². The fraction of sp³-hybridized carbons (Fsp3) is 0.190. The molecule has 0 fully saturated rings. The summed E-state index contributed by atoms with van der Waals surface area (Å²) in [6.45, 7) is 0. The van der Waals surface area contributed by atoms with Crippen molar-refractivity contribution >= 4 is 16.6 Å². The molecule has 1 N–H and O–H groups in total. The first-order chi connectivity index (χ1) is 11.2. The molecule has 2 nitrogen and oxygen atoms in total. The second-order valence-corrected chi connectivity index (χ2v) is 6.28. The molecule has 1 aliphatic rings. The number of fused-ring (bicyclic) bond motifs is 2. The third kappa shape index (κ3) is 2.50. The molecule has 1 unspecified atom stereocenters. The maximum atomic E-state index is 12.8. The number of carbonyl (C=O) groups is 1. The fourth-order valence-corrected chi connectivity index (χ4v) is 3.64. The summed E-state index contributed by atoms with van der Waals surface area (Å²) in [5, 5.41) is 12.0. The first-order valence-corrected chi connectivity index (χ1v) is 8.05. The number of phenols is 1. The van der Waals surface area contributed by atoms with E-state index in [1.54, 1.807) is 18.2 Å². The molecule has 0 saturated carbocycles. The normalized spacial score (nSPS) is 17.2. The van der Waals surface area contributed by atoms with Gasteiger partial charge >= 0.3 is 0 Å². The zero-order valence-corrected chi connectivity index (χ0v) is 12.8. The molecule has 114 valence electrons. The molecule has 0 saturated heterocycles. The molecular weight excluding hydrogens is 284 g/mol. The molecule has 0 heterocycles. The number of Topliss-reactive ketones (excluding diaryl/α,β-unsaturated/α-hetero) is 1. The SMILES string of the molecule is O=C1c2ccc(O)cc2CCC1Cc1cccc2ccccc12. The number of hydrogen-bond acceptors (Lipinski definition) is 2. The molecule has 0 radical (unpaired) electrons. The Morgan fingerprint density at radius 3 is 2.74 bits per heavy atom. The summed E-state index contributed by atoms with van der Waals surface area (Å²) in [5.74, 6) is 0.473. The molecule has 0 bridgehead atoms. The van der Waals surface area contributed by atoms with E-state index in [2.05, 4.69) is 30.3 Å². The second-order valence-electron chi connectivity index (χ2n) is 6.28. The number of benzene rings is 3. The zero-order chi connectivity index (χ0) is 15.8. The van der Waals surface area contributed by atoms with E-state index < -0.39 is 0 Å². The van der Waals surface area contributed by atoms with Crippen molar-refractivity contribution in [2.24, 2.45) is 5.92 Å². The standard InChI is InChI=1S/C21H18O2/c22-18-10-11-20-16(13-18)8-9-17(21(20)23)12-15-6-3-5-14-4-1-2-7-19(14)15/h1-7,10-11,13,17,22H,8-9,12H2. The van der Waals surface area contributed by atoms with Crippen molar-refractivity contribution in [1.29, 1.82) is 0 Å². The van der Waals surface area contributed by atoms with Crippen LogP contribution in [0.25, 0.3) is 10.8 Å². The lowest BCUT2D eigenvalue weighted by Crippen LogP contribution is -2.24. The number of carbonyl (C=O) groups excluding carboxylic acids is 1. The van der Waals surface area contributed by atoms with Crippen LogP contribution >= 0.6 is 0 Å². The van der Waals surface area contributed by atoms with Crippen LogP contribution in [0.2, 0.25) is 0 Å². The highest BCUT2D eigenvalue weighted by Gasteiger charge is 2.27. The van der Waals surface area contributed by atoms with Gasteiger partial charge in [-0.15, -0.1) is 0 Å². The fourth-order valence-electron chi connectivity index (χ4n) is 3.64. The first-order valence-electron chi connectivity index (χ1n) is 8.05. The largest absolute Gasteiger partial charge is 0.508 e. The molecule has 4 rings (SSSR count). The number of aromatic hydroxyl groups is 1. The maximum absolute atomic E-state index is 12.8. The van der Waals surface area contributed by atoms with Crippen LogP contribution in [-0.2, 0) is 12.8 Å². The summed E-state index contributed by atoms with van der Waals surface area (Å²) in [5.41, 5.74) is 2.99. The van der Waals surface area contributed by atoms with Crippen LogP contribution in [0.5, 0.6) is 5.75 Å². The summed E-state index contributed by atoms with van der Waals surface area (Å²) in [7, 11) is 0. The molecule has 23 heavy (non-hydrogen) atoms. The predicted octanol–water partition coefficient (Wildman–Crippen LogP) is 4.53. The van der Waals surface area contributed by atoms with E-state index in [9.17, 15) is 9.90 Å². The number of ketones is 1. The molecule has 2 heteroatoms. The van der Waals surface area contributed by atoms with Gasteiger partial charge in [0.25, 0.3) is 0 Å². The van der Waals surface area contributed by atoms with Crippen LogP contribution in [0.15, 0.2) is 60.7 Å². The number of hydrogen-bond donors (Lipinski definition) is 1. The van der Waals surface area contributed by atoms with Gasteiger partial charge in [0.2, 0.25) is 0 Å². The van der Waals surface area contributed by atoms with Gasteiger partial charge in [-0.3, -0.25) is 4.79 Å². The Bertz CT molecular complexity index is 890. The molecule has 3 aromatic carbocycles. The van der Waals surface area contributed by atoms with Crippen molar-refractivity contribution in [2.45, 2.75) is 19.3 Å². The van der Waals surface area contributed by atoms with Crippen LogP contribution in [-0.4, -0.2) is 10.9 Å². The predicted molar refractivity (Wildman–Crippen MR) is 91.9 cm³/mol. The molecule has 3 aromatic rings. The van der Waals surface area contributed by atoms with Crippen LogP contribution in [0.3, 0.4) is 0 Å². The third-order valence-electron chi connectivity index (χ3n) is 4.83. The van der Waals surface area contributed by atoms with E-state index in [1.165, 1.54) is 16.3 Å². The smallest absolute Gasteiger partial charge is 0.166 e. The van der Waals surface area contributed by atoms with E-state index in [1.807, 2.05) is 12.1 Å². The van der Waals surface area contributed by atoms with E-state index in [4.69, 9.17) is 0 Å². The summed E-state index contributed by atoms with van der Waals surface area (Å²) >= 11 is 0. The van der Waals surface area contributed by atoms with Crippen molar-refractivity contribution in [1.82, 2.24) is 0 Å². The Kier molecular flexibility index (Phi) is 3.38. The molecule has 0 aliphatic heterocycles. The molecule has 0 spiro atoms. The minimum atomic E-state index is 0.0258. The monoisotopic (exact) mass is 302 g/mol. The van der Waals surface area contributed by atoms with E-state index in [0.717, 1.165) is 30.4 Å². The van der Waals surface area contributed by atoms with Gasteiger partial charge < -0.3 is 5.11 Å². The minimum absolute atomic E-state index is 0.0258. The molecule has 0 aromatic heterocycles. The Hall–Kier alpha value is -2.61. The van der Waals surface area contributed by atoms with Crippen molar-refractivity contribution in [3.8, 4) is 5.75 Å². The molecule has 1 atom stereocenters. The quantitative estimate of drug-likeness (QED) is 0.755. The highest BCUT2D eigenvalue weighted by atomic mass is 16.3. The van der Waals surface area contributed by atoms with Gasteiger partial charge in [-0.2, -0.15) is 0 Å². The Morgan fingerprint density at radius 2 is 1.83 bits per heavy atom. The molecule has 1 aliphatic carbocycles. The van der Waals surface area contributed by atoms with Gasteiger partial charge in [-0.25, -0.2) is 0 Å². The maximum Gasteiger partial charge on any atom is 0.166 e. The van der Waals surface area contributed by atoms with E-state index in [0.29, 0.717) is 0 Å². The second kappa shape index (κ2) is 5.54. The lowest BCUT2D eigenvalue weighted by molar-refractivity contribution is 0.0901. The lowest BCUT2D eigenvalue weighted by atomic mass is 9.79. The lowest BCUT2D eigenvalue weighted by Gasteiger charge is -2.24. The highest BCUT2D eigenvalue weighted by molar-refractivity contribution is 6.00. The third-order valence-corrected chi connectivity index (χ3v) is 4.83. The average molecular weight is 302 g/mol. The van der Waals surface area contributed by atoms with Crippen molar-refractivity contribution in [2.75, 3.05) is 0 Å². The van der Waals surface area contributed by atoms with Crippen LogP contribution in [0, 0.1) is 5.92 Å². The van der Waals surface area contributed by atoms with E-state index >= 15 is 0 Å². The topological polar surface area (TPSA) is 37.3 Å². The Morgan fingerprint density at radius 1 is 1.00 bits per heavy atom. The summed E-state index contributed by atoms with van der Waals surface area (Å²) in [6.07, 6.45) is 2.48. The summed E-state index contributed by atoms with van der Waals surface area (Å²) in [6, 6.07) is 19.7. The van der Waals surface area contributed by atoms with Gasteiger partial charge in [-0.05, 0) is 59.4 Å². The summed E-state index contributed by atoms with van der Waals surface area (Å²) < 4.78 is 0. The molecular formula is C21H18O2. The zero-order valence-electron chi connectivity index (χ0n) is 12.8. The van der Waals surface area contributed by atoms with Crippen molar-refractivity contribution < 1.29 is 9.90 Å². The van der Waals surface area contributed by atoms with Crippen LogP contribution in [0.4, 0.5) is 0 Å². The Labute approximate surface area is 135 Å². The summed E-state index contributed by atoms with van der Waals surface area (Å²) in [4.78, 5) is 12.8. The van der Waals surface area contributed by atoms with E-state index in [-0.39, 0.29) is 17.5 Å². The van der Waals surface area contributed by atoms with Gasteiger partial charge in [0, 0.05) is 11.5 Å². The van der Waals surface area contributed by atoms with Gasteiger partial charge in [-0.1, -0.05) is 42.5 Å². The molecule has 0 amide bonds. The number of rotatable bonds is 2. The minimum Gasteiger partial charge on any atom is -0.508 e. The van der Waals surface area contributed by atoms with Crippen LogP contribution < -0.4 is 0 Å². The number of aryl methyl sites for hydroxylation is 1. The van der Waals surface area contributed by atoms with Crippen molar-refractivity contribution in [3.63, 3.8) is 0 Å². The van der Waals surface area contributed by atoms with Gasteiger partial charge in [0.15, 0.2) is 5.78 Å². The average Bonchev–Trinajstić information content (AvgIpc) is 2.57. The van der Waals surface area contributed by atoms with Gasteiger partial charge in [0.1, 0.15) is 5.75 Å². The van der Waals surface area contributed by atoms with Crippen LogP contribution in [0.1, 0.15) is 27.9 Å². The number of phenolic OH excluding ortho intramolecular Hbond substituents is 1. The highest BCUT2D eigenvalue weighted by Crippen LogP contribution is 2.31.